The highest BCUT2D eigenvalue weighted by Gasteiger charge is 2.39. The Bertz CT molecular complexity index is 297. The standard InChI is InChI=1S/C9H17IO3S/c1-5-13-6-9(4,8(2)3)14(11,12)7-10/h2,5-7H2,1,3-4H3. The fourth-order valence-electron chi connectivity index (χ4n) is 0.896. The monoisotopic (exact) mass is 332 g/mol. The molecule has 0 bridgehead atoms. The maximum Gasteiger partial charge on any atom is 0.170 e. The van der Waals surface area contributed by atoms with E-state index < -0.39 is 14.6 Å². The molecule has 0 aromatic rings. The molecular formula is C9H17IO3S. The van der Waals surface area contributed by atoms with Gasteiger partial charge in [-0.15, -0.1) is 0 Å². The summed E-state index contributed by atoms with van der Waals surface area (Å²) in [5, 5.41) is 0. The van der Waals surface area contributed by atoms with Gasteiger partial charge in [-0.1, -0.05) is 34.7 Å². The van der Waals surface area contributed by atoms with E-state index in [-0.39, 0.29) is 10.4 Å². The quantitative estimate of drug-likeness (QED) is 0.425. The molecule has 0 saturated heterocycles. The van der Waals surface area contributed by atoms with E-state index in [1.54, 1.807) is 13.8 Å². The van der Waals surface area contributed by atoms with Crippen molar-refractivity contribution in [3.05, 3.63) is 12.2 Å². The fourth-order valence-corrected chi connectivity index (χ4v) is 3.99. The number of alkyl halides is 1. The first-order valence-electron chi connectivity index (χ1n) is 4.33. The maximum atomic E-state index is 11.8. The van der Waals surface area contributed by atoms with Crippen LogP contribution in [-0.2, 0) is 14.6 Å². The molecule has 0 aliphatic rings. The Morgan fingerprint density at radius 2 is 2.07 bits per heavy atom. The minimum Gasteiger partial charge on any atom is -0.380 e. The summed E-state index contributed by atoms with van der Waals surface area (Å²) in [7, 11) is -3.17. The molecule has 0 aliphatic heterocycles. The molecule has 0 spiro atoms. The lowest BCUT2D eigenvalue weighted by atomic mass is 10.1. The zero-order valence-corrected chi connectivity index (χ0v) is 11.8. The summed E-state index contributed by atoms with van der Waals surface area (Å²) in [6.07, 6.45) is 0. The minimum absolute atomic E-state index is 0.0845. The number of hydrogen-bond donors (Lipinski definition) is 0. The number of rotatable bonds is 6. The van der Waals surface area contributed by atoms with Crippen molar-refractivity contribution < 1.29 is 13.2 Å². The first-order chi connectivity index (χ1) is 6.31. The lowest BCUT2D eigenvalue weighted by molar-refractivity contribution is 0.133. The van der Waals surface area contributed by atoms with Crippen molar-refractivity contribution in [2.24, 2.45) is 0 Å². The number of halogens is 1. The molecule has 1 unspecified atom stereocenters. The summed E-state index contributed by atoms with van der Waals surface area (Å²) in [6.45, 7) is 9.66. The van der Waals surface area contributed by atoms with Crippen LogP contribution in [0.3, 0.4) is 0 Å². The third kappa shape index (κ3) is 2.93. The van der Waals surface area contributed by atoms with Crippen molar-refractivity contribution in [3.63, 3.8) is 0 Å². The van der Waals surface area contributed by atoms with Crippen LogP contribution in [-0.4, -0.2) is 30.1 Å². The molecule has 0 fully saturated rings. The summed E-state index contributed by atoms with van der Waals surface area (Å²) in [4.78, 5) is 0. The summed E-state index contributed by atoms with van der Waals surface area (Å²) >= 11 is 1.86. The van der Waals surface area contributed by atoms with Gasteiger partial charge in [-0.05, 0) is 20.8 Å². The SMILES string of the molecule is C=C(C)C(C)(COCC)S(=O)(=O)CI. The van der Waals surface area contributed by atoms with E-state index in [4.69, 9.17) is 4.74 Å². The molecule has 0 aromatic heterocycles. The zero-order chi connectivity index (χ0) is 11.4. The highest BCUT2D eigenvalue weighted by Crippen LogP contribution is 2.27. The van der Waals surface area contributed by atoms with Gasteiger partial charge in [-0.3, -0.25) is 0 Å². The molecule has 0 N–H and O–H groups in total. The Kier molecular flexibility index (Phi) is 5.61. The van der Waals surface area contributed by atoms with Crippen molar-refractivity contribution in [1.82, 2.24) is 0 Å². The molecule has 0 heterocycles. The van der Waals surface area contributed by atoms with Gasteiger partial charge >= 0.3 is 0 Å². The second kappa shape index (κ2) is 5.46. The van der Waals surface area contributed by atoms with Gasteiger partial charge in [0, 0.05) is 6.61 Å². The van der Waals surface area contributed by atoms with Crippen LogP contribution in [0.5, 0.6) is 0 Å². The fraction of sp³-hybridized carbons (Fsp3) is 0.778. The lowest BCUT2D eigenvalue weighted by Crippen LogP contribution is -2.41. The Morgan fingerprint density at radius 3 is 2.36 bits per heavy atom. The van der Waals surface area contributed by atoms with Crippen molar-refractivity contribution >= 4 is 32.4 Å². The Labute approximate surface area is 100.0 Å². The van der Waals surface area contributed by atoms with E-state index in [9.17, 15) is 8.42 Å². The van der Waals surface area contributed by atoms with Crippen LogP contribution in [0.2, 0.25) is 0 Å². The van der Waals surface area contributed by atoms with Crippen LogP contribution < -0.4 is 0 Å². The summed E-state index contributed by atoms with van der Waals surface area (Å²) in [6, 6.07) is 0. The van der Waals surface area contributed by atoms with Crippen LogP contribution in [0.25, 0.3) is 0 Å². The second-order valence-electron chi connectivity index (χ2n) is 3.37. The average molecular weight is 332 g/mol. The molecular weight excluding hydrogens is 315 g/mol. The van der Waals surface area contributed by atoms with Gasteiger partial charge in [0.2, 0.25) is 0 Å². The Hall–Kier alpha value is 0.380. The third-order valence-electron chi connectivity index (χ3n) is 2.31. The average Bonchev–Trinajstić information content (AvgIpc) is 2.13. The van der Waals surface area contributed by atoms with Gasteiger partial charge in [0.1, 0.15) is 8.51 Å². The first kappa shape index (κ1) is 14.4. The molecule has 1 atom stereocenters. The van der Waals surface area contributed by atoms with E-state index in [0.29, 0.717) is 12.2 Å². The molecule has 0 rings (SSSR count). The van der Waals surface area contributed by atoms with E-state index in [1.165, 1.54) is 0 Å². The highest BCUT2D eigenvalue weighted by molar-refractivity contribution is 14.1. The molecule has 0 aromatic carbocycles. The van der Waals surface area contributed by atoms with Gasteiger partial charge in [-0.25, -0.2) is 8.42 Å². The van der Waals surface area contributed by atoms with E-state index in [1.807, 2.05) is 29.5 Å². The predicted molar refractivity (Wildman–Crippen MR) is 67.5 cm³/mol. The summed E-state index contributed by atoms with van der Waals surface area (Å²) < 4.78 is 28.0. The van der Waals surface area contributed by atoms with Gasteiger partial charge in [-0.2, -0.15) is 0 Å². The van der Waals surface area contributed by atoms with Gasteiger partial charge in [0.25, 0.3) is 0 Å². The smallest absolute Gasteiger partial charge is 0.170 e. The summed E-state index contributed by atoms with van der Waals surface area (Å²) in [5.41, 5.74) is 0.627. The van der Waals surface area contributed by atoms with Gasteiger partial charge in [0.05, 0.1) is 6.61 Å². The van der Waals surface area contributed by atoms with Crippen molar-refractivity contribution in [2.75, 3.05) is 17.0 Å². The number of ether oxygens (including phenoxy) is 1. The maximum absolute atomic E-state index is 11.8. The molecule has 0 amide bonds. The number of sulfone groups is 1. The van der Waals surface area contributed by atoms with E-state index >= 15 is 0 Å². The van der Waals surface area contributed by atoms with Gasteiger partial charge in [0.15, 0.2) is 9.84 Å². The van der Waals surface area contributed by atoms with Crippen LogP contribution in [0.4, 0.5) is 0 Å². The molecule has 14 heavy (non-hydrogen) atoms. The lowest BCUT2D eigenvalue weighted by Gasteiger charge is -2.28. The van der Waals surface area contributed by atoms with Gasteiger partial charge < -0.3 is 4.74 Å². The Morgan fingerprint density at radius 1 is 1.57 bits per heavy atom. The second-order valence-corrected chi connectivity index (χ2v) is 7.59. The summed E-state index contributed by atoms with van der Waals surface area (Å²) in [5.74, 6) is 0. The largest absolute Gasteiger partial charge is 0.380 e. The normalized spacial score (nSPS) is 16.3. The van der Waals surface area contributed by atoms with E-state index in [0.717, 1.165) is 0 Å². The van der Waals surface area contributed by atoms with Crippen molar-refractivity contribution in [1.29, 1.82) is 0 Å². The molecule has 5 heteroatoms. The van der Waals surface area contributed by atoms with Crippen LogP contribution in [0.1, 0.15) is 20.8 Å². The minimum atomic E-state index is -3.17. The number of hydrogen-bond acceptors (Lipinski definition) is 3. The molecule has 0 radical (unpaired) electrons. The third-order valence-corrected chi connectivity index (χ3v) is 6.90. The van der Waals surface area contributed by atoms with Crippen LogP contribution in [0, 0.1) is 0 Å². The van der Waals surface area contributed by atoms with E-state index in [2.05, 4.69) is 6.58 Å². The van der Waals surface area contributed by atoms with Crippen LogP contribution in [0.15, 0.2) is 12.2 Å². The first-order valence-corrected chi connectivity index (χ1v) is 7.51. The van der Waals surface area contributed by atoms with Crippen molar-refractivity contribution in [3.8, 4) is 0 Å². The van der Waals surface area contributed by atoms with Crippen molar-refractivity contribution in [2.45, 2.75) is 25.5 Å². The zero-order valence-electron chi connectivity index (χ0n) is 8.84. The molecule has 3 nitrogen and oxygen atoms in total. The Balaban J connectivity index is 5.01. The van der Waals surface area contributed by atoms with Crippen LogP contribution >= 0.6 is 22.6 Å². The topological polar surface area (TPSA) is 43.4 Å². The molecule has 84 valence electrons. The molecule has 0 aliphatic carbocycles. The highest BCUT2D eigenvalue weighted by atomic mass is 127. The molecule has 0 saturated carbocycles. The predicted octanol–water partition coefficient (Wildman–Crippen LogP) is 2.17.